The summed E-state index contributed by atoms with van der Waals surface area (Å²) >= 11 is 28.4. The topological polar surface area (TPSA) is 18.5 Å². The molecule has 25 heavy (non-hydrogen) atoms. The monoisotopic (exact) mass is 851 g/mol. The van der Waals surface area contributed by atoms with E-state index >= 15 is 0 Å². The van der Waals surface area contributed by atoms with Gasteiger partial charge < -0.3 is 9.47 Å². The third kappa shape index (κ3) is 4.73. The Kier molecular flexibility index (Phi) is 8.88. The molecular formula is C15H8Br8O2. The zero-order chi connectivity index (χ0) is 19.0. The highest BCUT2D eigenvalue weighted by Crippen LogP contribution is 2.48. The van der Waals surface area contributed by atoms with Gasteiger partial charge in [0.25, 0.3) is 0 Å². The average Bonchev–Trinajstić information content (AvgIpc) is 2.60. The minimum atomic E-state index is 0.0261. The lowest BCUT2D eigenvalue weighted by molar-refractivity contribution is 0.116. The summed E-state index contributed by atoms with van der Waals surface area (Å²) in [6.45, 7) is 4.03. The first-order chi connectivity index (χ1) is 11.6. The molecule has 0 saturated heterocycles. The lowest BCUT2D eigenvalue weighted by Gasteiger charge is -2.18. The van der Waals surface area contributed by atoms with Crippen molar-refractivity contribution < 1.29 is 9.47 Å². The third-order valence-corrected chi connectivity index (χ3v) is 12.4. The molecule has 0 spiro atoms. The first-order valence-corrected chi connectivity index (χ1v) is 12.8. The highest BCUT2D eigenvalue weighted by atomic mass is 79.9. The standard InChI is InChI=1S/C15H8Br8O2/c1-4-6(16)10(20)14(11(21)7(4)17)24-3-25-15-12(22)8(18)5(2)9(19)13(15)23/h3H2,1-2H3. The van der Waals surface area contributed by atoms with Gasteiger partial charge in [0.1, 0.15) is 0 Å². The fourth-order valence-corrected chi connectivity index (χ4v) is 6.86. The Bertz CT molecular complexity index is 723. The van der Waals surface area contributed by atoms with Crippen LogP contribution in [0.5, 0.6) is 11.5 Å². The molecule has 0 bridgehead atoms. The predicted octanol–water partition coefficient (Wildman–Crippen LogP) is 9.82. The fourth-order valence-electron chi connectivity index (χ4n) is 1.84. The summed E-state index contributed by atoms with van der Waals surface area (Å²) in [5.41, 5.74) is 2.12. The Labute approximate surface area is 213 Å². The maximum Gasteiger partial charge on any atom is 0.231 e. The minimum Gasteiger partial charge on any atom is -0.455 e. The van der Waals surface area contributed by atoms with Crippen molar-refractivity contribution in [3.8, 4) is 11.5 Å². The van der Waals surface area contributed by atoms with Gasteiger partial charge in [-0.15, -0.1) is 0 Å². The molecule has 0 aliphatic rings. The van der Waals surface area contributed by atoms with E-state index in [0.29, 0.717) is 11.5 Å². The lowest BCUT2D eigenvalue weighted by atomic mass is 10.2. The maximum absolute atomic E-state index is 5.86. The third-order valence-electron chi connectivity index (χ3n) is 3.29. The predicted molar refractivity (Wildman–Crippen MR) is 130 cm³/mol. The summed E-state index contributed by atoms with van der Waals surface area (Å²) in [4.78, 5) is 0. The van der Waals surface area contributed by atoms with Gasteiger partial charge in [0.2, 0.25) is 6.79 Å². The molecule has 0 amide bonds. The van der Waals surface area contributed by atoms with E-state index in [-0.39, 0.29) is 6.79 Å². The van der Waals surface area contributed by atoms with Crippen LogP contribution in [-0.4, -0.2) is 6.79 Å². The SMILES string of the molecule is Cc1c(Br)c(Br)c(OCOc2c(Br)c(Br)c(C)c(Br)c2Br)c(Br)c1Br. The number of hydrogen-bond acceptors (Lipinski definition) is 2. The number of rotatable bonds is 4. The average molecular weight is 859 g/mol. The highest BCUT2D eigenvalue weighted by Gasteiger charge is 2.20. The molecule has 2 aromatic rings. The van der Waals surface area contributed by atoms with E-state index in [4.69, 9.17) is 9.47 Å². The molecule has 0 unspecified atom stereocenters. The molecule has 0 atom stereocenters. The quantitative estimate of drug-likeness (QED) is 0.225. The second kappa shape index (κ2) is 9.59. The second-order valence-corrected chi connectivity index (χ2v) is 11.2. The van der Waals surface area contributed by atoms with Crippen LogP contribution >= 0.6 is 127 Å². The zero-order valence-corrected chi connectivity index (χ0v) is 25.2. The van der Waals surface area contributed by atoms with E-state index in [0.717, 1.165) is 46.9 Å². The number of benzene rings is 2. The van der Waals surface area contributed by atoms with E-state index in [9.17, 15) is 0 Å². The fraction of sp³-hybridized carbons (Fsp3) is 0.200. The molecule has 0 aliphatic carbocycles. The first kappa shape index (κ1) is 23.2. The van der Waals surface area contributed by atoms with Gasteiger partial charge in [-0.25, -0.2) is 0 Å². The molecule has 0 radical (unpaired) electrons. The van der Waals surface area contributed by atoms with Crippen LogP contribution < -0.4 is 9.47 Å². The molecule has 0 fully saturated rings. The van der Waals surface area contributed by atoms with Gasteiger partial charge in [-0.3, -0.25) is 0 Å². The van der Waals surface area contributed by atoms with E-state index in [2.05, 4.69) is 127 Å². The molecular weight excluding hydrogens is 851 g/mol. The Balaban J connectivity index is 2.29. The van der Waals surface area contributed by atoms with Gasteiger partial charge in [-0.05, 0) is 152 Å². The molecule has 10 heteroatoms. The zero-order valence-electron chi connectivity index (χ0n) is 12.5. The second-order valence-electron chi connectivity index (χ2n) is 4.83. The lowest BCUT2D eigenvalue weighted by Crippen LogP contribution is -2.08. The molecule has 2 aromatic carbocycles. The molecule has 0 aromatic heterocycles. The van der Waals surface area contributed by atoms with Gasteiger partial charge in [-0.1, -0.05) is 0 Å². The van der Waals surface area contributed by atoms with Crippen LogP contribution in [-0.2, 0) is 0 Å². The van der Waals surface area contributed by atoms with Crippen LogP contribution in [0.1, 0.15) is 11.1 Å². The van der Waals surface area contributed by atoms with E-state index < -0.39 is 0 Å². The number of ether oxygens (including phenoxy) is 2. The normalized spacial score (nSPS) is 11.0. The minimum absolute atomic E-state index is 0.0261. The van der Waals surface area contributed by atoms with Crippen LogP contribution in [0.2, 0.25) is 0 Å². The van der Waals surface area contributed by atoms with E-state index in [1.807, 2.05) is 13.8 Å². The Morgan fingerprint density at radius 3 is 0.960 bits per heavy atom. The number of halogens is 8. The van der Waals surface area contributed by atoms with Crippen molar-refractivity contribution in [1.82, 2.24) is 0 Å². The molecule has 0 saturated carbocycles. The van der Waals surface area contributed by atoms with Crippen molar-refractivity contribution in [2.75, 3.05) is 6.79 Å². The van der Waals surface area contributed by atoms with Gasteiger partial charge >= 0.3 is 0 Å². The van der Waals surface area contributed by atoms with Crippen molar-refractivity contribution in [3.05, 3.63) is 46.9 Å². The maximum atomic E-state index is 5.86. The van der Waals surface area contributed by atoms with Gasteiger partial charge in [0, 0.05) is 17.9 Å². The summed E-state index contributed by atoms with van der Waals surface area (Å²) < 4.78 is 18.6. The van der Waals surface area contributed by atoms with Gasteiger partial charge in [0.05, 0.1) is 17.9 Å². The van der Waals surface area contributed by atoms with Crippen molar-refractivity contribution >= 4 is 127 Å². The van der Waals surface area contributed by atoms with Gasteiger partial charge in [0.15, 0.2) is 11.5 Å². The summed E-state index contributed by atoms with van der Waals surface area (Å²) in [6.07, 6.45) is 0. The Hall–Kier alpha value is 1.88. The molecule has 136 valence electrons. The summed E-state index contributed by atoms with van der Waals surface area (Å²) in [5, 5.41) is 0. The van der Waals surface area contributed by atoms with Crippen LogP contribution in [0.15, 0.2) is 35.8 Å². The molecule has 2 rings (SSSR count). The van der Waals surface area contributed by atoms with Crippen molar-refractivity contribution in [2.24, 2.45) is 0 Å². The van der Waals surface area contributed by atoms with E-state index in [1.54, 1.807) is 0 Å². The van der Waals surface area contributed by atoms with Crippen molar-refractivity contribution in [2.45, 2.75) is 13.8 Å². The molecule has 2 nitrogen and oxygen atoms in total. The summed E-state index contributed by atoms with van der Waals surface area (Å²) in [7, 11) is 0. The van der Waals surface area contributed by atoms with Crippen LogP contribution in [0.4, 0.5) is 0 Å². The van der Waals surface area contributed by atoms with Crippen molar-refractivity contribution in [3.63, 3.8) is 0 Å². The largest absolute Gasteiger partial charge is 0.455 e. The van der Waals surface area contributed by atoms with Crippen LogP contribution in [0, 0.1) is 13.8 Å². The Morgan fingerprint density at radius 2 is 0.720 bits per heavy atom. The number of hydrogen-bond donors (Lipinski definition) is 0. The van der Waals surface area contributed by atoms with Crippen LogP contribution in [0.25, 0.3) is 0 Å². The molecule has 0 heterocycles. The molecule has 0 N–H and O–H groups in total. The highest BCUT2D eigenvalue weighted by molar-refractivity contribution is 9.14. The molecule has 0 aliphatic heterocycles. The smallest absolute Gasteiger partial charge is 0.231 e. The Morgan fingerprint density at radius 1 is 0.480 bits per heavy atom. The van der Waals surface area contributed by atoms with Crippen LogP contribution in [0.3, 0.4) is 0 Å². The summed E-state index contributed by atoms with van der Waals surface area (Å²) in [6, 6.07) is 0. The van der Waals surface area contributed by atoms with E-state index in [1.165, 1.54) is 0 Å². The first-order valence-electron chi connectivity index (χ1n) is 6.50. The summed E-state index contributed by atoms with van der Waals surface area (Å²) in [5.74, 6) is 1.28. The van der Waals surface area contributed by atoms with Crippen molar-refractivity contribution in [1.29, 1.82) is 0 Å². The van der Waals surface area contributed by atoms with Gasteiger partial charge in [-0.2, -0.15) is 0 Å².